The van der Waals surface area contributed by atoms with E-state index in [0.29, 0.717) is 42.5 Å². The Morgan fingerprint density at radius 3 is 1.77 bits per heavy atom. The van der Waals surface area contributed by atoms with E-state index in [1.807, 2.05) is 11.9 Å². The molecule has 4 aliphatic rings. The van der Waals surface area contributed by atoms with Gasteiger partial charge in [0.25, 0.3) is 5.91 Å². The molecule has 13 heteroatoms. The summed E-state index contributed by atoms with van der Waals surface area (Å²) in [4.78, 5) is 52.0. The van der Waals surface area contributed by atoms with Crippen molar-refractivity contribution in [3.63, 3.8) is 0 Å². The van der Waals surface area contributed by atoms with Gasteiger partial charge in [0.05, 0.1) is 31.4 Å². The zero-order valence-corrected chi connectivity index (χ0v) is 27.3. The van der Waals surface area contributed by atoms with Gasteiger partial charge in [-0.3, -0.25) is 14.4 Å². The van der Waals surface area contributed by atoms with E-state index in [9.17, 15) is 28.0 Å². The maximum atomic E-state index is 13.9. The normalized spacial score (nSPS) is 19.8. The van der Waals surface area contributed by atoms with Crippen LogP contribution in [-0.4, -0.2) is 110 Å². The van der Waals surface area contributed by atoms with E-state index < -0.39 is 17.6 Å². The van der Waals surface area contributed by atoms with Crippen molar-refractivity contribution in [2.75, 3.05) is 54.5 Å². The average molecular weight is 659 g/mol. The number of amides is 3. The van der Waals surface area contributed by atoms with Gasteiger partial charge in [0.2, 0.25) is 11.8 Å². The molecule has 0 unspecified atom stereocenters. The number of carboxylic acids is 1. The zero-order chi connectivity index (χ0) is 34.2. The summed E-state index contributed by atoms with van der Waals surface area (Å²) in [6.07, 6.45) is 6.01. The summed E-state index contributed by atoms with van der Waals surface area (Å²) < 4.78 is 36.4. The van der Waals surface area contributed by atoms with Crippen molar-refractivity contribution in [3.8, 4) is 11.5 Å². The lowest BCUT2D eigenvalue weighted by Crippen LogP contribution is -2.40. The summed E-state index contributed by atoms with van der Waals surface area (Å²) >= 11 is 0. The predicted octanol–water partition coefficient (Wildman–Crippen LogP) is 3.67. The van der Waals surface area contributed by atoms with Crippen LogP contribution in [0.1, 0.15) is 59.2 Å². The molecule has 2 aliphatic carbocycles. The van der Waals surface area contributed by atoms with Crippen molar-refractivity contribution >= 4 is 23.7 Å². The summed E-state index contributed by atoms with van der Waals surface area (Å²) in [5.74, 6) is -1.12. The number of carbonyl (C=O) groups excluding carboxylic acids is 3. The van der Waals surface area contributed by atoms with E-state index in [2.05, 4.69) is 5.32 Å². The molecule has 256 valence electrons. The molecule has 0 bridgehead atoms. The van der Waals surface area contributed by atoms with E-state index in [-0.39, 0.29) is 34.9 Å². The molecule has 47 heavy (non-hydrogen) atoms. The van der Waals surface area contributed by atoms with Crippen molar-refractivity contribution in [2.45, 2.75) is 50.6 Å². The Balaban J connectivity index is 0.000000176. The van der Waals surface area contributed by atoms with E-state index in [4.69, 9.17) is 14.6 Å². The lowest BCUT2D eigenvalue weighted by Gasteiger charge is -2.25. The Kier molecular flexibility index (Phi) is 12.1. The zero-order valence-electron chi connectivity index (χ0n) is 27.3. The molecule has 2 N–H and O–H groups in total. The molecule has 2 saturated carbocycles. The Morgan fingerprint density at radius 2 is 1.30 bits per heavy atom. The van der Waals surface area contributed by atoms with Crippen LogP contribution in [0.15, 0.2) is 36.4 Å². The van der Waals surface area contributed by atoms with Gasteiger partial charge in [0.1, 0.15) is 23.1 Å². The minimum atomic E-state index is -1.30. The van der Waals surface area contributed by atoms with Crippen LogP contribution < -0.4 is 14.8 Å². The number of halogens is 2. The van der Waals surface area contributed by atoms with Crippen LogP contribution in [0, 0.1) is 23.5 Å². The number of hydrogen-bond donors (Lipinski definition) is 2. The number of rotatable bonds is 8. The number of carboxylic acid groups (broad SMARTS) is 1. The first-order valence-corrected chi connectivity index (χ1v) is 15.9. The minimum absolute atomic E-state index is 0.0146. The quantitative estimate of drug-likeness (QED) is 0.440. The third kappa shape index (κ3) is 9.40. The second-order valence-electron chi connectivity index (χ2n) is 12.3. The number of likely N-dealkylation sites (N-methyl/N-ethyl adjacent to an activating group) is 2. The van der Waals surface area contributed by atoms with Crippen LogP contribution in [0.5, 0.6) is 11.5 Å². The second kappa shape index (κ2) is 16.0. The first-order chi connectivity index (χ1) is 22.4. The monoisotopic (exact) mass is 658 g/mol. The number of carbonyl (C=O) groups is 4. The lowest BCUT2D eigenvalue weighted by atomic mass is 10.1. The molecule has 6 rings (SSSR count). The molecule has 2 aromatic rings. The van der Waals surface area contributed by atoms with Crippen LogP contribution >= 0.6 is 0 Å². The van der Waals surface area contributed by atoms with Crippen molar-refractivity contribution < 1.29 is 42.5 Å². The van der Waals surface area contributed by atoms with Crippen LogP contribution in [-0.2, 0) is 9.59 Å². The summed E-state index contributed by atoms with van der Waals surface area (Å²) in [7, 11) is 6.61. The molecule has 2 saturated heterocycles. The highest BCUT2D eigenvalue weighted by molar-refractivity contribution is 5.95. The predicted molar refractivity (Wildman–Crippen MR) is 169 cm³/mol. The molecule has 0 spiro atoms. The number of hydrogen-bond acceptors (Lipinski definition) is 7. The number of methoxy groups -OCH3 is 2. The van der Waals surface area contributed by atoms with Crippen LogP contribution in [0.25, 0.3) is 0 Å². The molecular formula is C34H44F2N4O7. The van der Waals surface area contributed by atoms with Gasteiger partial charge in [-0.05, 0) is 81.5 Å². The topological polar surface area (TPSA) is 129 Å². The number of benzene rings is 2. The van der Waals surface area contributed by atoms with Crippen molar-refractivity contribution in [1.82, 2.24) is 20.0 Å². The van der Waals surface area contributed by atoms with Crippen LogP contribution in [0.4, 0.5) is 8.78 Å². The van der Waals surface area contributed by atoms with E-state index >= 15 is 0 Å². The maximum absolute atomic E-state index is 13.9. The Morgan fingerprint density at radius 1 is 0.787 bits per heavy atom. The van der Waals surface area contributed by atoms with Crippen molar-refractivity contribution in [1.29, 1.82) is 0 Å². The van der Waals surface area contributed by atoms with Gasteiger partial charge in [-0.2, -0.15) is 0 Å². The first-order valence-electron chi connectivity index (χ1n) is 15.9. The maximum Gasteiger partial charge on any atom is 0.338 e. The smallest absolute Gasteiger partial charge is 0.338 e. The molecule has 2 aromatic carbocycles. The third-order valence-electron chi connectivity index (χ3n) is 8.94. The fourth-order valence-electron chi connectivity index (χ4n) is 5.57. The number of nitrogens with one attached hydrogen (secondary N) is 1. The highest BCUT2D eigenvalue weighted by atomic mass is 19.1. The van der Waals surface area contributed by atoms with Gasteiger partial charge in [0.15, 0.2) is 0 Å². The van der Waals surface area contributed by atoms with Gasteiger partial charge in [0, 0.05) is 51.6 Å². The summed E-state index contributed by atoms with van der Waals surface area (Å²) in [5.41, 5.74) is -0.365. The van der Waals surface area contributed by atoms with Crippen LogP contribution in [0.3, 0.4) is 0 Å². The fourth-order valence-corrected chi connectivity index (χ4v) is 5.57. The molecule has 11 nitrogen and oxygen atoms in total. The Labute approximate surface area is 273 Å². The van der Waals surface area contributed by atoms with E-state index in [1.165, 1.54) is 38.5 Å². The molecule has 2 heterocycles. The fraction of sp³-hybridized carbons (Fsp3) is 0.529. The number of aromatic carboxylic acids is 1. The highest BCUT2D eigenvalue weighted by Crippen LogP contribution is 2.33. The van der Waals surface area contributed by atoms with Crippen molar-refractivity contribution in [2.24, 2.45) is 11.8 Å². The number of nitrogens with zero attached hydrogens (tertiary/aromatic N) is 3. The Bertz CT molecular complexity index is 1440. The van der Waals surface area contributed by atoms with Gasteiger partial charge in [-0.1, -0.05) is 0 Å². The third-order valence-corrected chi connectivity index (χ3v) is 8.94. The Hall–Kier alpha value is -4.26. The lowest BCUT2D eigenvalue weighted by molar-refractivity contribution is -0.133. The summed E-state index contributed by atoms with van der Waals surface area (Å²) in [6.45, 7) is 3.02. The van der Waals surface area contributed by atoms with Crippen LogP contribution in [0.2, 0.25) is 0 Å². The molecule has 3 amide bonds. The molecular weight excluding hydrogens is 614 g/mol. The number of likely N-dealkylation sites (tertiary alicyclic amines) is 1. The van der Waals surface area contributed by atoms with Crippen molar-refractivity contribution in [3.05, 3.63) is 59.2 Å². The minimum Gasteiger partial charge on any atom is -0.497 e. The second-order valence-corrected chi connectivity index (χ2v) is 12.3. The standard InChI is InChI=1S/C17H21FN2O3.C9H16N2O.C8H7FO3/c1-19(16(21)11-3-4-11)12-7-8-20(10-12)17(22)14-9-13(23-2)5-6-15(14)18;1-11(8-4-5-10-6-8)9(12)7-2-3-7;1-12-5-2-3-7(9)6(4-5)8(10)11/h5-6,9,11-12H,3-4,7-8,10H2,1-2H3;7-8,10H,2-6H2,1H3;2-4H,1H3,(H,10,11)/t12-;8-;/m11./s1. The van der Waals surface area contributed by atoms with Gasteiger partial charge >= 0.3 is 5.97 Å². The first kappa shape index (κ1) is 35.6. The number of ether oxygens (including phenoxy) is 2. The SMILES string of the molecule is CN(C(=O)C1CC1)[C@@H]1CCNC1.COc1ccc(F)c(C(=O)N2CC[C@@H](N(C)C(=O)C3CC3)C2)c1.COc1ccc(F)c(C(=O)O)c1. The molecule has 2 aliphatic heterocycles. The molecule has 4 fully saturated rings. The van der Waals surface area contributed by atoms with Gasteiger partial charge < -0.3 is 34.6 Å². The van der Waals surface area contributed by atoms with Gasteiger partial charge in [-0.15, -0.1) is 0 Å². The van der Waals surface area contributed by atoms with E-state index in [0.717, 1.165) is 63.7 Å². The molecule has 0 radical (unpaired) electrons. The molecule has 0 aromatic heterocycles. The average Bonchev–Trinajstić information content (AvgIpc) is 4.00. The molecule has 2 atom stereocenters. The summed E-state index contributed by atoms with van der Waals surface area (Å²) in [5, 5.41) is 11.8. The van der Waals surface area contributed by atoms with Gasteiger partial charge in [-0.25, -0.2) is 13.6 Å². The van der Waals surface area contributed by atoms with E-state index in [1.54, 1.807) is 16.8 Å². The summed E-state index contributed by atoms with van der Waals surface area (Å²) in [6, 6.07) is 8.17. The largest absolute Gasteiger partial charge is 0.497 e. The highest BCUT2D eigenvalue weighted by Gasteiger charge is 2.38.